The van der Waals surface area contributed by atoms with Gasteiger partial charge in [-0.15, -0.1) is 0 Å². The first kappa shape index (κ1) is 29.5. The average Bonchev–Trinajstić information content (AvgIpc) is 3.31. The number of likely N-dealkylation sites (tertiary alicyclic amines) is 2. The fraction of sp³-hybridized carbons (Fsp3) is 0.621. The minimum Gasteiger partial charge on any atom is -0.477 e. The van der Waals surface area contributed by atoms with Crippen molar-refractivity contribution in [2.45, 2.75) is 69.7 Å². The summed E-state index contributed by atoms with van der Waals surface area (Å²) in [7, 11) is 0. The van der Waals surface area contributed by atoms with E-state index in [4.69, 9.17) is 10.5 Å². The number of hydrogen-bond acceptors (Lipinski definition) is 6. The van der Waals surface area contributed by atoms with Crippen molar-refractivity contribution in [2.24, 2.45) is 17.1 Å². The molecule has 0 spiro atoms. The maximum atomic E-state index is 15.0. The fourth-order valence-electron chi connectivity index (χ4n) is 6.40. The molecule has 1 aromatic heterocycles. The summed E-state index contributed by atoms with van der Waals surface area (Å²) in [5, 5.41) is 9.99. The van der Waals surface area contributed by atoms with E-state index in [2.05, 4.69) is 4.98 Å². The summed E-state index contributed by atoms with van der Waals surface area (Å²) in [4.78, 5) is 32.0. The lowest BCUT2D eigenvalue weighted by Gasteiger charge is -2.47. The Morgan fingerprint density at radius 2 is 1.85 bits per heavy atom. The standard InChI is InChI=1S/C29H36F4N4O4/c30-22-14-19(27(40)37-13-8-23(38)25(37)26(34)39)2-4-21(22)20-3-5-24(35-15-20)41-16-18-6-11-36(12-7-18)17-28(9-1-10-28)29(31,32)33/h3,5,14-15,18,23,25,38H,1-2,4,6-13,16-17H2,(H2,34,39)/t23?,25-/m0/s1. The SMILES string of the molecule is NC(=O)[C@@H]1C(O)CCN1C(=O)C1=CC(F)=C(c2ccc(OCC3CCN(CC4(C(F)(F)F)CCC4)CC3)nc2)CC1. The maximum absolute atomic E-state index is 15.0. The largest absolute Gasteiger partial charge is 0.477 e. The van der Waals surface area contributed by atoms with Crippen LogP contribution in [0.5, 0.6) is 5.88 Å². The maximum Gasteiger partial charge on any atom is 0.395 e. The van der Waals surface area contributed by atoms with Crippen molar-refractivity contribution in [3.63, 3.8) is 0 Å². The molecule has 2 atom stereocenters. The van der Waals surface area contributed by atoms with Gasteiger partial charge >= 0.3 is 6.18 Å². The number of carbonyl (C=O) groups excluding carboxylic acids is 2. The Bertz CT molecular complexity index is 1200. The number of ether oxygens (including phenoxy) is 1. The molecule has 1 saturated carbocycles. The molecule has 12 heteroatoms. The number of pyridine rings is 1. The number of piperidine rings is 1. The summed E-state index contributed by atoms with van der Waals surface area (Å²) in [6, 6.07) is 2.24. The lowest BCUT2D eigenvalue weighted by Crippen LogP contribution is -2.53. The summed E-state index contributed by atoms with van der Waals surface area (Å²) < 4.78 is 61.4. The number of primary amides is 1. The zero-order valence-corrected chi connectivity index (χ0v) is 22.8. The number of nitrogens with two attached hydrogens (primary N) is 1. The first-order chi connectivity index (χ1) is 19.5. The Morgan fingerprint density at radius 1 is 1.12 bits per heavy atom. The number of hydrogen-bond donors (Lipinski definition) is 2. The molecule has 0 aromatic carbocycles. The highest BCUT2D eigenvalue weighted by Crippen LogP contribution is 2.53. The van der Waals surface area contributed by atoms with E-state index in [1.54, 1.807) is 12.1 Å². The van der Waals surface area contributed by atoms with Crippen LogP contribution in [-0.2, 0) is 9.59 Å². The number of aliphatic hydroxyl groups excluding tert-OH is 1. The summed E-state index contributed by atoms with van der Waals surface area (Å²) >= 11 is 0. The molecule has 2 saturated heterocycles. The normalized spacial score (nSPS) is 25.6. The number of amides is 2. The molecule has 1 aromatic rings. The molecule has 2 aliphatic heterocycles. The number of nitrogens with zero attached hydrogens (tertiary/aromatic N) is 3. The summed E-state index contributed by atoms with van der Waals surface area (Å²) in [6.45, 7) is 1.90. The number of aliphatic hydroxyl groups is 1. The topological polar surface area (TPSA) is 109 Å². The van der Waals surface area contributed by atoms with E-state index in [-0.39, 0.29) is 56.7 Å². The zero-order chi connectivity index (χ0) is 29.4. The van der Waals surface area contributed by atoms with Crippen LogP contribution >= 0.6 is 0 Å². The van der Waals surface area contributed by atoms with Gasteiger partial charge in [-0.2, -0.15) is 13.2 Å². The van der Waals surface area contributed by atoms with Crippen molar-refractivity contribution in [1.29, 1.82) is 0 Å². The van der Waals surface area contributed by atoms with Gasteiger partial charge in [0.2, 0.25) is 11.8 Å². The molecule has 0 radical (unpaired) electrons. The van der Waals surface area contributed by atoms with Gasteiger partial charge in [-0.25, -0.2) is 9.37 Å². The Morgan fingerprint density at radius 3 is 2.41 bits per heavy atom. The predicted octanol–water partition coefficient (Wildman–Crippen LogP) is 3.75. The van der Waals surface area contributed by atoms with Crippen LogP contribution in [0.25, 0.3) is 5.57 Å². The molecule has 2 amide bonds. The van der Waals surface area contributed by atoms with Crippen molar-refractivity contribution >= 4 is 17.4 Å². The van der Waals surface area contributed by atoms with E-state index in [1.165, 1.54) is 17.2 Å². The molecular formula is C29H36F4N4O4. The zero-order valence-electron chi connectivity index (χ0n) is 22.8. The second-order valence-electron chi connectivity index (χ2n) is 11.7. The number of carbonyl (C=O) groups is 2. The molecule has 224 valence electrons. The smallest absolute Gasteiger partial charge is 0.395 e. The van der Waals surface area contributed by atoms with Gasteiger partial charge in [0.15, 0.2) is 0 Å². The van der Waals surface area contributed by atoms with Crippen LogP contribution in [0.4, 0.5) is 17.6 Å². The molecule has 41 heavy (non-hydrogen) atoms. The van der Waals surface area contributed by atoms with E-state index in [0.717, 1.165) is 12.8 Å². The lowest BCUT2D eigenvalue weighted by atomic mass is 9.67. The van der Waals surface area contributed by atoms with Crippen LogP contribution in [-0.4, -0.2) is 82.8 Å². The van der Waals surface area contributed by atoms with Gasteiger partial charge in [0, 0.05) is 30.9 Å². The third kappa shape index (κ3) is 6.13. The Hall–Kier alpha value is -2.99. The van der Waals surface area contributed by atoms with E-state index >= 15 is 4.39 Å². The van der Waals surface area contributed by atoms with Crippen molar-refractivity contribution in [1.82, 2.24) is 14.8 Å². The van der Waals surface area contributed by atoms with Crippen LogP contribution in [0.3, 0.4) is 0 Å². The van der Waals surface area contributed by atoms with Gasteiger partial charge in [0.05, 0.1) is 18.1 Å². The summed E-state index contributed by atoms with van der Waals surface area (Å²) in [5.74, 6) is -1.25. The van der Waals surface area contributed by atoms with E-state index in [9.17, 15) is 27.9 Å². The highest BCUT2D eigenvalue weighted by molar-refractivity contribution is 5.98. The third-order valence-corrected chi connectivity index (χ3v) is 9.12. The third-order valence-electron chi connectivity index (χ3n) is 9.12. The van der Waals surface area contributed by atoms with Gasteiger partial charge < -0.3 is 25.4 Å². The van der Waals surface area contributed by atoms with Crippen molar-refractivity contribution in [3.05, 3.63) is 41.4 Å². The van der Waals surface area contributed by atoms with Crippen LogP contribution in [0.2, 0.25) is 0 Å². The molecule has 2 aliphatic carbocycles. The second kappa shape index (κ2) is 11.7. The van der Waals surface area contributed by atoms with Crippen molar-refractivity contribution in [2.75, 3.05) is 32.8 Å². The fourth-order valence-corrected chi connectivity index (χ4v) is 6.40. The molecular weight excluding hydrogens is 544 g/mol. The number of aromatic nitrogens is 1. The van der Waals surface area contributed by atoms with Gasteiger partial charge in [-0.3, -0.25) is 9.59 Å². The van der Waals surface area contributed by atoms with Gasteiger partial charge in [0.1, 0.15) is 11.9 Å². The quantitative estimate of drug-likeness (QED) is 0.454. The lowest BCUT2D eigenvalue weighted by molar-refractivity contribution is -0.256. The Labute approximate surface area is 236 Å². The molecule has 1 unspecified atom stereocenters. The Kier molecular flexibility index (Phi) is 8.43. The number of allylic oxidation sites excluding steroid dienone is 3. The first-order valence-electron chi connectivity index (χ1n) is 14.2. The Balaban J connectivity index is 1.12. The summed E-state index contributed by atoms with van der Waals surface area (Å²) in [5.41, 5.74) is 4.99. The number of halogens is 4. The van der Waals surface area contributed by atoms with E-state index in [0.29, 0.717) is 43.1 Å². The van der Waals surface area contributed by atoms with Crippen LogP contribution in [0, 0.1) is 11.3 Å². The second-order valence-corrected chi connectivity index (χ2v) is 11.7. The first-order valence-corrected chi connectivity index (χ1v) is 14.2. The number of alkyl halides is 3. The van der Waals surface area contributed by atoms with Gasteiger partial charge in [-0.1, -0.05) is 6.42 Å². The van der Waals surface area contributed by atoms with Crippen molar-refractivity contribution in [3.8, 4) is 5.88 Å². The van der Waals surface area contributed by atoms with Crippen molar-refractivity contribution < 1.29 is 37.0 Å². The molecule has 0 bridgehead atoms. The highest BCUT2D eigenvalue weighted by Gasteiger charge is 2.58. The van der Waals surface area contributed by atoms with Crippen LogP contribution in [0.15, 0.2) is 35.8 Å². The molecule has 3 N–H and O–H groups in total. The van der Waals surface area contributed by atoms with Gasteiger partial charge in [0.25, 0.3) is 5.91 Å². The van der Waals surface area contributed by atoms with E-state index < -0.39 is 41.4 Å². The molecule has 3 fully saturated rings. The van der Waals surface area contributed by atoms with Crippen LogP contribution in [0.1, 0.15) is 56.9 Å². The minimum absolute atomic E-state index is 0.0830. The predicted molar refractivity (Wildman–Crippen MR) is 142 cm³/mol. The molecule has 3 heterocycles. The molecule has 8 nitrogen and oxygen atoms in total. The number of rotatable bonds is 8. The van der Waals surface area contributed by atoms with Gasteiger partial charge in [-0.05, 0) is 87.2 Å². The van der Waals surface area contributed by atoms with E-state index in [1.807, 2.05) is 4.90 Å². The summed E-state index contributed by atoms with van der Waals surface area (Å²) in [6.07, 6.45) is 0.864. The monoisotopic (exact) mass is 580 g/mol. The average molecular weight is 581 g/mol. The molecule has 4 aliphatic rings. The van der Waals surface area contributed by atoms with Crippen LogP contribution < -0.4 is 10.5 Å². The minimum atomic E-state index is -4.15. The molecule has 5 rings (SSSR count). The highest BCUT2D eigenvalue weighted by atomic mass is 19.4.